The minimum Gasteiger partial charge on any atom is -0.380 e. The van der Waals surface area contributed by atoms with E-state index in [1.165, 1.54) is 6.42 Å². The Morgan fingerprint density at radius 2 is 2.00 bits per heavy atom. The Morgan fingerprint density at radius 1 is 1.26 bits per heavy atom. The van der Waals surface area contributed by atoms with Crippen molar-refractivity contribution in [3.8, 4) is 0 Å². The van der Waals surface area contributed by atoms with Gasteiger partial charge >= 0.3 is 0 Å². The Labute approximate surface area is 115 Å². The highest BCUT2D eigenvalue weighted by atomic mass is 32.2. The summed E-state index contributed by atoms with van der Waals surface area (Å²) < 4.78 is 32.5. The maximum Gasteiger partial charge on any atom is 0.240 e. The van der Waals surface area contributed by atoms with Crippen molar-refractivity contribution < 1.29 is 13.2 Å². The molecule has 0 radical (unpaired) electrons. The Kier molecular flexibility index (Phi) is 4.96. The first-order chi connectivity index (χ1) is 9.12. The molecule has 1 aliphatic carbocycles. The monoisotopic (exact) mass is 283 g/mol. The first-order valence-electron chi connectivity index (χ1n) is 6.72. The lowest BCUT2D eigenvalue weighted by atomic mass is 9.96. The molecule has 0 aromatic heterocycles. The van der Waals surface area contributed by atoms with Crippen molar-refractivity contribution >= 4 is 10.0 Å². The number of ether oxygens (including phenoxy) is 1. The fourth-order valence-electron chi connectivity index (χ4n) is 2.48. The first-order valence-corrected chi connectivity index (χ1v) is 8.20. The SMILES string of the molecule is COCc1cccc(S(=O)(=O)NC2CCCCC2)c1. The second kappa shape index (κ2) is 6.50. The standard InChI is InChI=1S/C14H21NO3S/c1-18-11-12-6-5-9-14(10-12)19(16,17)15-13-7-3-2-4-8-13/h5-6,9-10,13,15H,2-4,7-8,11H2,1H3. The molecule has 0 spiro atoms. The number of rotatable bonds is 5. The highest BCUT2D eigenvalue weighted by molar-refractivity contribution is 7.89. The quantitative estimate of drug-likeness (QED) is 0.903. The van der Waals surface area contributed by atoms with E-state index < -0.39 is 10.0 Å². The fourth-order valence-corrected chi connectivity index (χ4v) is 3.85. The van der Waals surface area contributed by atoms with Gasteiger partial charge in [-0.25, -0.2) is 13.1 Å². The van der Waals surface area contributed by atoms with Gasteiger partial charge in [0.15, 0.2) is 0 Å². The molecule has 1 aromatic carbocycles. The van der Waals surface area contributed by atoms with E-state index in [0.29, 0.717) is 11.5 Å². The van der Waals surface area contributed by atoms with Crippen LogP contribution in [0, 0.1) is 0 Å². The lowest BCUT2D eigenvalue weighted by molar-refractivity contribution is 0.184. The van der Waals surface area contributed by atoms with Crippen LogP contribution in [0.3, 0.4) is 0 Å². The maximum absolute atomic E-state index is 12.3. The van der Waals surface area contributed by atoms with Crippen LogP contribution in [0.2, 0.25) is 0 Å². The first kappa shape index (κ1) is 14.5. The summed E-state index contributed by atoms with van der Waals surface area (Å²) >= 11 is 0. The van der Waals surface area contributed by atoms with E-state index in [1.54, 1.807) is 25.3 Å². The molecule has 4 nitrogen and oxygen atoms in total. The molecular weight excluding hydrogens is 262 g/mol. The normalized spacial score (nSPS) is 17.5. The molecule has 2 rings (SSSR count). The number of hydrogen-bond donors (Lipinski definition) is 1. The van der Waals surface area contributed by atoms with Gasteiger partial charge in [-0.05, 0) is 30.5 Å². The van der Waals surface area contributed by atoms with E-state index in [4.69, 9.17) is 4.74 Å². The zero-order chi connectivity index (χ0) is 13.7. The highest BCUT2D eigenvalue weighted by Gasteiger charge is 2.21. The highest BCUT2D eigenvalue weighted by Crippen LogP contribution is 2.20. The average molecular weight is 283 g/mol. The van der Waals surface area contributed by atoms with Crippen LogP contribution in [0.5, 0.6) is 0 Å². The van der Waals surface area contributed by atoms with Gasteiger partial charge in [0.1, 0.15) is 0 Å². The van der Waals surface area contributed by atoms with Gasteiger partial charge in [0.05, 0.1) is 11.5 Å². The molecule has 0 unspecified atom stereocenters. The molecule has 1 N–H and O–H groups in total. The molecule has 106 valence electrons. The summed E-state index contributed by atoms with van der Waals surface area (Å²) in [5, 5.41) is 0. The Morgan fingerprint density at radius 3 is 2.68 bits per heavy atom. The van der Waals surface area contributed by atoms with E-state index in [9.17, 15) is 8.42 Å². The van der Waals surface area contributed by atoms with E-state index in [1.807, 2.05) is 6.07 Å². The minimum absolute atomic E-state index is 0.0878. The summed E-state index contributed by atoms with van der Waals surface area (Å²) in [5.41, 5.74) is 0.869. The van der Waals surface area contributed by atoms with Crippen molar-refractivity contribution in [1.82, 2.24) is 4.72 Å². The zero-order valence-corrected chi connectivity index (χ0v) is 12.1. The number of nitrogens with one attached hydrogen (secondary N) is 1. The molecule has 19 heavy (non-hydrogen) atoms. The van der Waals surface area contributed by atoms with Crippen LogP contribution in [-0.2, 0) is 21.4 Å². The molecule has 0 saturated heterocycles. The van der Waals surface area contributed by atoms with Crippen molar-refractivity contribution in [3.05, 3.63) is 29.8 Å². The van der Waals surface area contributed by atoms with Gasteiger partial charge in [0.25, 0.3) is 0 Å². The van der Waals surface area contributed by atoms with Crippen LogP contribution < -0.4 is 4.72 Å². The van der Waals surface area contributed by atoms with E-state index >= 15 is 0 Å². The predicted molar refractivity (Wildman–Crippen MR) is 74.3 cm³/mol. The summed E-state index contributed by atoms with van der Waals surface area (Å²) in [6, 6.07) is 7.01. The Balaban J connectivity index is 2.11. The van der Waals surface area contributed by atoms with Crippen molar-refractivity contribution in [2.24, 2.45) is 0 Å². The zero-order valence-electron chi connectivity index (χ0n) is 11.3. The summed E-state index contributed by atoms with van der Waals surface area (Å²) in [6.07, 6.45) is 5.31. The van der Waals surface area contributed by atoms with Gasteiger partial charge in [-0.2, -0.15) is 0 Å². The van der Waals surface area contributed by atoms with Gasteiger partial charge in [-0.15, -0.1) is 0 Å². The molecule has 0 amide bonds. The van der Waals surface area contributed by atoms with Crippen LogP contribution in [0.15, 0.2) is 29.2 Å². The molecular formula is C14H21NO3S. The summed E-state index contributed by atoms with van der Waals surface area (Å²) in [7, 11) is -1.81. The smallest absolute Gasteiger partial charge is 0.240 e. The second-order valence-electron chi connectivity index (χ2n) is 5.04. The average Bonchev–Trinajstić information content (AvgIpc) is 2.40. The fraction of sp³-hybridized carbons (Fsp3) is 0.571. The van der Waals surface area contributed by atoms with Crippen molar-refractivity contribution in [2.45, 2.75) is 49.6 Å². The summed E-state index contributed by atoms with van der Waals surface area (Å²) in [5.74, 6) is 0. The number of benzene rings is 1. The molecule has 0 bridgehead atoms. The van der Waals surface area contributed by atoms with Gasteiger partial charge < -0.3 is 4.74 Å². The van der Waals surface area contributed by atoms with Crippen LogP contribution in [-0.4, -0.2) is 21.6 Å². The molecule has 1 saturated carbocycles. The molecule has 0 aliphatic heterocycles. The van der Waals surface area contributed by atoms with E-state index in [0.717, 1.165) is 31.2 Å². The third-order valence-corrected chi connectivity index (χ3v) is 4.96. The third-order valence-electron chi connectivity index (χ3n) is 3.45. The minimum atomic E-state index is -3.41. The van der Waals surface area contributed by atoms with Gasteiger partial charge in [0, 0.05) is 13.2 Å². The maximum atomic E-state index is 12.3. The van der Waals surface area contributed by atoms with Gasteiger partial charge in [0.2, 0.25) is 10.0 Å². The Bertz CT molecular complexity index is 507. The van der Waals surface area contributed by atoms with Crippen LogP contribution in [0.4, 0.5) is 0 Å². The topological polar surface area (TPSA) is 55.4 Å². The van der Waals surface area contributed by atoms with Crippen molar-refractivity contribution in [3.63, 3.8) is 0 Å². The summed E-state index contributed by atoms with van der Waals surface area (Å²) in [6.45, 7) is 0.423. The number of sulfonamides is 1. The summed E-state index contributed by atoms with van der Waals surface area (Å²) in [4.78, 5) is 0.327. The lowest BCUT2D eigenvalue weighted by Crippen LogP contribution is -2.36. The molecule has 5 heteroatoms. The molecule has 0 heterocycles. The molecule has 0 atom stereocenters. The Hall–Kier alpha value is -0.910. The molecule has 1 aliphatic rings. The van der Waals surface area contributed by atoms with Crippen LogP contribution in [0.25, 0.3) is 0 Å². The van der Waals surface area contributed by atoms with Gasteiger partial charge in [-0.3, -0.25) is 0 Å². The largest absolute Gasteiger partial charge is 0.380 e. The van der Waals surface area contributed by atoms with E-state index in [2.05, 4.69) is 4.72 Å². The van der Waals surface area contributed by atoms with Gasteiger partial charge in [-0.1, -0.05) is 31.4 Å². The lowest BCUT2D eigenvalue weighted by Gasteiger charge is -2.22. The molecule has 1 aromatic rings. The second-order valence-corrected chi connectivity index (χ2v) is 6.75. The van der Waals surface area contributed by atoms with Crippen molar-refractivity contribution in [2.75, 3.05) is 7.11 Å². The van der Waals surface area contributed by atoms with E-state index in [-0.39, 0.29) is 6.04 Å². The predicted octanol–water partition coefficient (Wildman–Crippen LogP) is 2.44. The van der Waals surface area contributed by atoms with Crippen LogP contribution in [0.1, 0.15) is 37.7 Å². The van der Waals surface area contributed by atoms with Crippen LogP contribution >= 0.6 is 0 Å². The third kappa shape index (κ3) is 4.03. The number of methoxy groups -OCH3 is 1. The number of hydrogen-bond acceptors (Lipinski definition) is 3. The molecule has 1 fully saturated rings. The van der Waals surface area contributed by atoms with Crippen molar-refractivity contribution in [1.29, 1.82) is 0 Å².